The third-order valence-corrected chi connectivity index (χ3v) is 8.00. The van der Waals surface area contributed by atoms with Gasteiger partial charge in [-0.15, -0.1) is 6.58 Å². The van der Waals surface area contributed by atoms with Crippen molar-refractivity contribution in [3.8, 4) is 0 Å². The summed E-state index contributed by atoms with van der Waals surface area (Å²) in [6.45, 7) is 20.3. The summed E-state index contributed by atoms with van der Waals surface area (Å²) < 4.78 is 2.88. The van der Waals surface area contributed by atoms with Gasteiger partial charge in [-0.3, -0.25) is 14.4 Å². The second-order valence-electron chi connectivity index (χ2n) is 9.96. The van der Waals surface area contributed by atoms with Gasteiger partial charge in [0.25, 0.3) is 5.56 Å². The highest BCUT2D eigenvalue weighted by molar-refractivity contribution is 7.99. The van der Waals surface area contributed by atoms with E-state index in [2.05, 4.69) is 40.1 Å². The Bertz CT molecular complexity index is 1210. The van der Waals surface area contributed by atoms with Crippen molar-refractivity contribution in [1.29, 1.82) is 0 Å². The van der Waals surface area contributed by atoms with E-state index < -0.39 is 0 Å². The smallest absolute Gasteiger partial charge is 0.255 e. The van der Waals surface area contributed by atoms with Gasteiger partial charge in [0.1, 0.15) is 0 Å². The molecule has 4 N–H and O–H groups in total. The van der Waals surface area contributed by atoms with Gasteiger partial charge in [-0.25, -0.2) is 0 Å². The van der Waals surface area contributed by atoms with Crippen molar-refractivity contribution in [2.45, 2.75) is 82.5 Å². The van der Waals surface area contributed by atoms with Crippen LogP contribution in [0.4, 0.5) is 0 Å². The fourth-order valence-corrected chi connectivity index (χ4v) is 4.84. The molecule has 1 saturated heterocycles. The summed E-state index contributed by atoms with van der Waals surface area (Å²) in [4.78, 5) is 35.7. The van der Waals surface area contributed by atoms with Crippen LogP contribution in [0.3, 0.4) is 0 Å². The molecule has 224 valence electrons. The van der Waals surface area contributed by atoms with Crippen LogP contribution in [0.2, 0.25) is 0 Å². The molecule has 4 rings (SSSR count). The van der Waals surface area contributed by atoms with E-state index in [1.807, 2.05) is 70.2 Å². The number of nitrogens with one attached hydrogen (secondary N) is 4. The number of benzene rings is 1. The van der Waals surface area contributed by atoms with Gasteiger partial charge in [0.2, 0.25) is 12.3 Å². The first-order valence-electron chi connectivity index (χ1n) is 14.3. The normalized spacial score (nSPS) is 17.6. The Labute approximate surface area is 250 Å². The van der Waals surface area contributed by atoms with Crippen LogP contribution in [0.1, 0.15) is 66.2 Å². The number of rotatable bonds is 11. The van der Waals surface area contributed by atoms with E-state index in [4.69, 9.17) is 0 Å². The summed E-state index contributed by atoms with van der Waals surface area (Å²) in [5.74, 6) is 0.103. The molecule has 41 heavy (non-hydrogen) atoms. The number of aromatic amines is 1. The quantitative estimate of drug-likeness (QED) is 0.107. The Morgan fingerprint density at radius 1 is 1.22 bits per heavy atom. The number of fused-ring (bicyclic) bond motifs is 1. The Morgan fingerprint density at radius 3 is 2.46 bits per heavy atom. The molecular formula is C33H48N4O3S. The lowest BCUT2D eigenvalue weighted by Crippen LogP contribution is -2.50. The number of hydrogen-bond donors (Lipinski definition) is 4. The van der Waals surface area contributed by atoms with Crippen molar-refractivity contribution in [3.63, 3.8) is 0 Å². The first kappa shape index (κ1) is 35.7. The van der Waals surface area contributed by atoms with Crippen LogP contribution in [0, 0.1) is 0 Å². The molecule has 1 aromatic heterocycles. The third-order valence-electron chi connectivity index (χ3n) is 6.80. The maximum absolute atomic E-state index is 11.8. The van der Waals surface area contributed by atoms with Gasteiger partial charge in [-0.1, -0.05) is 82.0 Å². The van der Waals surface area contributed by atoms with Crippen molar-refractivity contribution in [2.24, 2.45) is 0 Å². The van der Waals surface area contributed by atoms with E-state index >= 15 is 0 Å². The van der Waals surface area contributed by atoms with E-state index in [0.717, 1.165) is 67.8 Å². The first-order chi connectivity index (χ1) is 19.7. The van der Waals surface area contributed by atoms with Gasteiger partial charge in [-0.2, -0.15) is 0 Å². The summed E-state index contributed by atoms with van der Waals surface area (Å²) in [7, 11) is 0. The van der Waals surface area contributed by atoms with Crippen LogP contribution < -0.4 is 20.9 Å². The van der Waals surface area contributed by atoms with Crippen LogP contribution in [-0.2, 0) is 9.59 Å². The molecule has 0 spiro atoms. The predicted molar refractivity (Wildman–Crippen MR) is 176 cm³/mol. The van der Waals surface area contributed by atoms with Crippen molar-refractivity contribution in [3.05, 3.63) is 96.5 Å². The van der Waals surface area contributed by atoms with Crippen molar-refractivity contribution < 1.29 is 9.59 Å². The molecule has 2 atom stereocenters. The lowest BCUT2D eigenvalue weighted by molar-refractivity contribution is -0.124. The summed E-state index contributed by atoms with van der Waals surface area (Å²) in [6.07, 6.45) is 15.9. The number of allylic oxidation sites excluding steroid dienone is 4. The van der Waals surface area contributed by atoms with E-state index in [1.165, 1.54) is 11.9 Å². The number of amides is 2. The average Bonchev–Trinajstić information content (AvgIpc) is 3.52. The zero-order valence-corrected chi connectivity index (χ0v) is 25.9. The van der Waals surface area contributed by atoms with Gasteiger partial charge in [-0.05, 0) is 81.5 Å². The Balaban J connectivity index is 0.000000300. The van der Waals surface area contributed by atoms with Crippen LogP contribution in [0.25, 0.3) is 10.8 Å². The van der Waals surface area contributed by atoms with Crippen molar-refractivity contribution in [2.75, 3.05) is 6.54 Å². The van der Waals surface area contributed by atoms with Crippen LogP contribution in [0.5, 0.6) is 0 Å². The van der Waals surface area contributed by atoms with Crippen LogP contribution >= 0.6 is 11.9 Å². The number of aromatic nitrogens is 1. The summed E-state index contributed by atoms with van der Waals surface area (Å²) in [6, 6.07) is 9.40. The largest absolute Gasteiger partial charge is 0.346 e. The zero-order chi connectivity index (χ0) is 30.7. The number of hydrogen-bond acceptors (Lipinski definition) is 5. The maximum atomic E-state index is 11.8. The van der Waals surface area contributed by atoms with Gasteiger partial charge >= 0.3 is 0 Å². The average molecular weight is 581 g/mol. The topological polar surface area (TPSA) is 103 Å². The summed E-state index contributed by atoms with van der Waals surface area (Å²) >= 11 is 1.51. The predicted octanol–water partition coefficient (Wildman–Crippen LogP) is 6.37. The molecular weight excluding hydrogens is 532 g/mol. The fraction of sp³-hybridized carbons (Fsp3) is 0.424. The second-order valence-corrected chi connectivity index (χ2v) is 11.3. The van der Waals surface area contributed by atoms with E-state index in [-0.39, 0.29) is 27.8 Å². The fourth-order valence-electron chi connectivity index (χ4n) is 3.97. The van der Waals surface area contributed by atoms with Gasteiger partial charge in [0, 0.05) is 16.3 Å². The van der Waals surface area contributed by atoms with Crippen molar-refractivity contribution >= 4 is 35.0 Å². The maximum Gasteiger partial charge on any atom is 0.255 e. The molecule has 2 fully saturated rings. The Kier molecular flexibility index (Phi) is 16.4. The van der Waals surface area contributed by atoms with Gasteiger partial charge in [0.05, 0.1) is 11.6 Å². The van der Waals surface area contributed by atoms with Gasteiger partial charge in [0.15, 0.2) is 0 Å². The molecule has 1 aliphatic carbocycles. The molecule has 0 radical (unpaired) electrons. The Hall–Kier alpha value is -3.36. The molecule has 7 nitrogen and oxygen atoms in total. The SMILES string of the molecule is C=C/C=C\C(=C)CC1(SNC=O)CC1.C=C[C@@](C)(CC)NC(=O)C1CCCN1.CC.O=c1[nH]ccc2ccccc12. The molecule has 0 bridgehead atoms. The van der Waals surface area contributed by atoms with E-state index in [0.29, 0.717) is 0 Å². The lowest BCUT2D eigenvalue weighted by Gasteiger charge is -2.27. The zero-order valence-electron chi connectivity index (χ0n) is 25.1. The molecule has 8 heteroatoms. The minimum atomic E-state index is -0.263. The number of carbonyl (C=O) groups is 2. The molecule has 2 aliphatic rings. The number of carbonyl (C=O) groups excluding carboxylic acids is 2. The molecule has 1 saturated carbocycles. The number of pyridine rings is 1. The minimum Gasteiger partial charge on any atom is -0.346 e. The second kappa shape index (κ2) is 18.9. The number of H-pyrrole nitrogens is 1. The highest BCUT2D eigenvalue weighted by Crippen LogP contribution is 2.51. The van der Waals surface area contributed by atoms with E-state index in [9.17, 15) is 14.4 Å². The molecule has 1 aliphatic heterocycles. The molecule has 1 aromatic carbocycles. The molecule has 1 unspecified atom stereocenters. The lowest BCUT2D eigenvalue weighted by atomic mass is 9.98. The highest BCUT2D eigenvalue weighted by Gasteiger charge is 2.43. The third kappa shape index (κ3) is 12.8. The molecule has 2 amide bonds. The molecule has 2 aromatic rings. The van der Waals surface area contributed by atoms with Crippen molar-refractivity contribution in [1.82, 2.24) is 20.3 Å². The van der Waals surface area contributed by atoms with Crippen LogP contribution in [0.15, 0.2) is 90.9 Å². The van der Waals surface area contributed by atoms with Gasteiger partial charge < -0.3 is 20.3 Å². The summed E-state index contributed by atoms with van der Waals surface area (Å²) in [5, 5.41) is 7.92. The highest BCUT2D eigenvalue weighted by atomic mass is 32.2. The standard InChI is InChI=1S/C11H20N2O.C11H15NOS.C9H7NO.C2H6/c1-4-11(3,5-2)13-10(14)9-7-6-8-12-9;1-3-4-5-10(2)8-11(6-7-11)14-12-9-13;11-9-8-4-2-1-3-7(8)5-6-10-9;1-2/h4,9,12H,1,5-8H2,2-3H3,(H,13,14);3-5,9H,1-2,6-8H2,(H,12,13);1-6H,(H,10,11);1-2H3/b;5-4-;;/t9?,11-;;;/m0.../s1. The minimum absolute atomic E-state index is 0.000764. The van der Waals surface area contributed by atoms with E-state index in [1.54, 1.807) is 18.3 Å². The summed E-state index contributed by atoms with van der Waals surface area (Å²) in [5.41, 5.74) is 0.798. The Morgan fingerprint density at radius 2 is 1.93 bits per heavy atom. The monoisotopic (exact) mass is 580 g/mol. The molecule has 2 heterocycles. The first-order valence-corrected chi connectivity index (χ1v) is 15.1. The van der Waals surface area contributed by atoms with Crippen LogP contribution in [-0.4, -0.2) is 40.2 Å².